The molecule has 5 nitrogen and oxygen atoms in total. The van der Waals surface area contributed by atoms with Gasteiger partial charge in [0.15, 0.2) is 0 Å². The Balaban J connectivity index is 2.61. The van der Waals surface area contributed by atoms with Crippen molar-refractivity contribution in [2.45, 2.75) is 26.4 Å². The Morgan fingerprint density at radius 3 is 2.67 bits per heavy atom. The van der Waals surface area contributed by atoms with Crippen molar-refractivity contribution in [2.75, 3.05) is 7.11 Å². The molecule has 1 aromatic heterocycles. The van der Waals surface area contributed by atoms with E-state index in [0.717, 1.165) is 5.56 Å². The number of rotatable bonds is 4. The molecular weight excluding hydrogens is 290 g/mol. The van der Waals surface area contributed by atoms with Crippen molar-refractivity contribution in [1.29, 1.82) is 0 Å². The van der Waals surface area contributed by atoms with E-state index in [1.807, 2.05) is 13.0 Å². The van der Waals surface area contributed by atoms with Gasteiger partial charge < -0.3 is 10.5 Å². The predicted molar refractivity (Wildman–Crippen MR) is 83.8 cm³/mol. The molecule has 2 N–H and O–H groups in total. The molecule has 2 aromatic rings. The fraction of sp³-hybridized carbons (Fsp3) is 0.333. The Morgan fingerprint density at radius 1 is 1.43 bits per heavy atom. The maximum atomic E-state index is 12.2. The van der Waals surface area contributed by atoms with E-state index in [9.17, 15) is 4.79 Å². The Kier molecular flexibility index (Phi) is 4.65. The molecule has 1 unspecified atom stereocenters. The van der Waals surface area contributed by atoms with Gasteiger partial charge in [-0.2, -0.15) is 5.10 Å². The summed E-state index contributed by atoms with van der Waals surface area (Å²) in [6.45, 7) is 4.13. The van der Waals surface area contributed by atoms with Crippen LogP contribution < -0.4 is 16.0 Å². The van der Waals surface area contributed by atoms with Gasteiger partial charge in [-0.3, -0.25) is 4.79 Å². The number of halogens is 1. The van der Waals surface area contributed by atoms with E-state index >= 15 is 0 Å². The van der Waals surface area contributed by atoms with Crippen molar-refractivity contribution in [3.05, 3.63) is 45.2 Å². The van der Waals surface area contributed by atoms with E-state index in [-0.39, 0.29) is 11.6 Å². The SMILES string of the molecule is CCn1nc(-c2ccc(OC)c(Cl)c2)cc(C(C)N)c1=O. The summed E-state index contributed by atoms with van der Waals surface area (Å²) in [6, 6.07) is 6.75. The van der Waals surface area contributed by atoms with Gasteiger partial charge in [0, 0.05) is 23.7 Å². The number of hydrogen-bond acceptors (Lipinski definition) is 4. The number of aryl methyl sites for hydroxylation is 1. The van der Waals surface area contributed by atoms with E-state index in [1.165, 1.54) is 4.68 Å². The van der Waals surface area contributed by atoms with Crippen molar-refractivity contribution < 1.29 is 4.74 Å². The van der Waals surface area contributed by atoms with E-state index in [1.54, 1.807) is 32.2 Å². The van der Waals surface area contributed by atoms with Crippen LogP contribution in [0, 0.1) is 0 Å². The molecule has 0 amide bonds. The summed E-state index contributed by atoms with van der Waals surface area (Å²) in [4.78, 5) is 12.2. The minimum Gasteiger partial charge on any atom is -0.495 e. The Morgan fingerprint density at radius 2 is 2.14 bits per heavy atom. The van der Waals surface area contributed by atoms with Crippen LogP contribution in [0.3, 0.4) is 0 Å². The smallest absolute Gasteiger partial charge is 0.271 e. The van der Waals surface area contributed by atoms with Gasteiger partial charge in [0.05, 0.1) is 17.8 Å². The number of ether oxygens (including phenoxy) is 1. The summed E-state index contributed by atoms with van der Waals surface area (Å²) in [7, 11) is 1.56. The molecule has 1 heterocycles. The van der Waals surface area contributed by atoms with E-state index < -0.39 is 0 Å². The highest BCUT2D eigenvalue weighted by Gasteiger charge is 2.13. The average Bonchev–Trinajstić information content (AvgIpc) is 2.47. The highest BCUT2D eigenvalue weighted by molar-refractivity contribution is 6.32. The Bertz CT molecular complexity index is 711. The van der Waals surface area contributed by atoms with Gasteiger partial charge in [-0.1, -0.05) is 11.6 Å². The number of aromatic nitrogens is 2. The van der Waals surface area contributed by atoms with Gasteiger partial charge in [0.2, 0.25) is 0 Å². The van der Waals surface area contributed by atoms with Gasteiger partial charge >= 0.3 is 0 Å². The van der Waals surface area contributed by atoms with Gasteiger partial charge in [-0.15, -0.1) is 0 Å². The molecular formula is C15H18ClN3O2. The van der Waals surface area contributed by atoms with E-state index in [0.29, 0.717) is 28.6 Å². The lowest BCUT2D eigenvalue weighted by Crippen LogP contribution is -2.29. The van der Waals surface area contributed by atoms with Crippen molar-refractivity contribution in [2.24, 2.45) is 5.73 Å². The van der Waals surface area contributed by atoms with Crippen LogP contribution in [0.1, 0.15) is 25.5 Å². The normalized spacial score (nSPS) is 12.2. The molecule has 0 fully saturated rings. The Hall–Kier alpha value is -1.85. The van der Waals surface area contributed by atoms with Crippen LogP contribution in [-0.4, -0.2) is 16.9 Å². The molecule has 112 valence electrons. The van der Waals surface area contributed by atoms with Gasteiger partial charge in [-0.25, -0.2) is 4.68 Å². The second-order valence-electron chi connectivity index (χ2n) is 4.74. The summed E-state index contributed by atoms with van der Waals surface area (Å²) in [5, 5.41) is 4.84. The lowest BCUT2D eigenvalue weighted by molar-refractivity contribution is 0.415. The lowest BCUT2D eigenvalue weighted by Gasteiger charge is -2.12. The fourth-order valence-corrected chi connectivity index (χ4v) is 2.33. The van der Waals surface area contributed by atoms with E-state index in [2.05, 4.69) is 5.10 Å². The molecule has 0 saturated carbocycles. The third-order valence-corrected chi connectivity index (χ3v) is 3.54. The first-order valence-electron chi connectivity index (χ1n) is 6.69. The van der Waals surface area contributed by atoms with Crippen molar-refractivity contribution in [1.82, 2.24) is 9.78 Å². The summed E-state index contributed by atoms with van der Waals surface area (Å²) in [5.41, 5.74) is 7.72. The number of benzene rings is 1. The first kappa shape index (κ1) is 15.5. The maximum absolute atomic E-state index is 12.2. The average molecular weight is 308 g/mol. The summed E-state index contributed by atoms with van der Waals surface area (Å²) in [6.07, 6.45) is 0. The predicted octanol–water partition coefficient (Wildman–Crippen LogP) is 2.61. The standard InChI is InChI=1S/C15H18ClN3O2/c1-4-19-15(20)11(9(2)17)8-13(18-19)10-5-6-14(21-3)12(16)7-10/h5-9H,4,17H2,1-3H3. The second kappa shape index (κ2) is 6.28. The minimum atomic E-state index is -0.356. The van der Waals surface area contributed by atoms with E-state index in [4.69, 9.17) is 22.1 Å². The van der Waals surface area contributed by atoms with Crippen molar-refractivity contribution >= 4 is 11.6 Å². The molecule has 0 saturated heterocycles. The zero-order valence-corrected chi connectivity index (χ0v) is 13.0. The quantitative estimate of drug-likeness (QED) is 0.942. The molecule has 2 rings (SSSR count). The van der Waals surface area contributed by atoms with Crippen LogP contribution in [0.2, 0.25) is 5.02 Å². The second-order valence-corrected chi connectivity index (χ2v) is 5.15. The molecule has 1 aromatic carbocycles. The summed E-state index contributed by atoms with van der Waals surface area (Å²) >= 11 is 6.14. The van der Waals surface area contributed by atoms with Crippen LogP contribution >= 0.6 is 11.6 Å². The molecule has 0 aliphatic rings. The molecule has 6 heteroatoms. The Labute approximate surface area is 128 Å². The molecule has 21 heavy (non-hydrogen) atoms. The highest BCUT2D eigenvalue weighted by atomic mass is 35.5. The number of nitrogens with two attached hydrogens (primary N) is 1. The van der Waals surface area contributed by atoms with Crippen LogP contribution in [0.15, 0.2) is 29.1 Å². The minimum absolute atomic E-state index is 0.157. The van der Waals surface area contributed by atoms with Gasteiger partial charge in [-0.05, 0) is 38.1 Å². The number of nitrogens with zero attached hydrogens (tertiary/aromatic N) is 2. The first-order valence-corrected chi connectivity index (χ1v) is 7.07. The molecule has 1 atom stereocenters. The molecule has 0 aliphatic heterocycles. The highest BCUT2D eigenvalue weighted by Crippen LogP contribution is 2.29. The van der Waals surface area contributed by atoms with Crippen LogP contribution in [0.5, 0.6) is 5.75 Å². The molecule has 0 aliphatic carbocycles. The lowest BCUT2D eigenvalue weighted by atomic mass is 10.1. The monoisotopic (exact) mass is 307 g/mol. The van der Waals surface area contributed by atoms with Crippen LogP contribution in [0.25, 0.3) is 11.3 Å². The third-order valence-electron chi connectivity index (χ3n) is 3.24. The van der Waals surface area contributed by atoms with Gasteiger partial charge in [0.25, 0.3) is 5.56 Å². The van der Waals surface area contributed by atoms with Crippen LogP contribution in [0.4, 0.5) is 0 Å². The van der Waals surface area contributed by atoms with Crippen molar-refractivity contribution in [3.63, 3.8) is 0 Å². The molecule has 0 bridgehead atoms. The maximum Gasteiger partial charge on any atom is 0.271 e. The summed E-state index contributed by atoms with van der Waals surface area (Å²) < 4.78 is 6.54. The van der Waals surface area contributed by atoms with Crippen LogP contribution in [-0.2, 0) is 6.54 Å². The zero-order chi connectivity index (χ0) is 15.6. The number of hydrogen-bond donors (Lipinski definition) is 1. The third kappa shape index (κ3) is 3.09. The fourth-order valence-electron chi connectivity index (χ4n) is 2.07. The number of methoxy groups -OCH3 is 1. The first-order chi connectivity index (χ1) is 9.97. The van der Waals surface area contributed by atoms with Gasteiger partial charge in [0.1, 0.15) is 5.75 Å². The topological polar surface area (TPSA) is 70.1 Å². The largest absolute Gasteiger partial charge is 0.495 e. The molecule has 0 spiro atoms. The molecule has 0 radical (unpaired) electrons. The summed E-state index contributed by atoms with van der Waals surface area (Å²) in [5.74, 6) is 0.594. The zero-order valence-electron chi connectivity index (χ0n) is 12.3. The van der Waals surface area contributed by atoms with Crippen molar-refractivity contribution in [3.8, 4) is 17.0 Å².